The number of hydrogen-bond donors (Lipinski definition) is 1. The van der Waals surface area contributed by atoms with Crippen LogP contribution < -0.4 is 4.74 Å². The van der Waals surface area contributed by atoms with Gasteiger partial charge >= 0.3 is 6.09 Å². The lowest BCUT2D eigenvalue weighted by molar-refractivity contribution is -0.00251. The number of halogens is 1. The van der Waals surface area contributed by atoms with Crippen molar-refractivity contribution in [1.82, 2.24) is 4.90 Å². The van der Waals surface area contributed by atoms with Crippen molar-refractivity contribution in [3.05, 3.63) is 65.7 Å². The van der Waals surface area contributed by atoms with Gasteiger partial charge in [0.05, 0.1) is 12.1 Å². The van der Waals surface area contributed by atoms with E-state index in [2.05, 4.69) is 21.2 Å². The van der Waals surface area contributed by atoms with Gasteiger partial charge in [-0.15, -0.1) is 0 Å². The Morgan fingerprint density at radius 1 is 1.19 bits per heavy atom. The lowest BCUT2D eigenvalue weighted by Crippen LogP contribution is -2.47. The molecule has 3 unspecified atom stereocenters. The van der Waals surface area contributed by atoms with Crippen LogP contribution in [0, 0.1) is 0 Å². The molecule has 2 aromatic carbocycles. The first-order chi connectivity index (χ1) is 14.8. The number of amides is 1. The molecule has 0 aliphatic carbocycles. The quantitative estimate of drug-likeness (QED) is 0.416. The molecule has 0 radical (unpaired) electrons. The van der Waals surface area contributed by atoms with Crippen LogP contribution in [0.5, 0.6) is 5.75 Å². The minimum atomic E-state index is -0.808. The normalized spacial score (nSPS) is 19.8. The molecule has 0 saturated carbocycles. The zero-order valence-electron chi connectivity index (χ0n) is 18.2. The summed E-state index contributed by atoms with van der Waals surface area (Å²) in [4.78, 5) is 14.7. The van der Waals surface area contributed by atoms with Crippen LogP contribution in [0.1, 0.15) is 50.8 Å². The summed E-state index contributed by atoms with van der Waals surface area (Å²) in [6, 6.07) is 17.2. The van der Waals surface area contributed by atoms with Crippen LogP contribution in [-0.4, -0.2) is 39.5 Å². The molecule has 168 valence electrons. The molecule has 1 amide bonds. The minimum absolute atomic E-state index is 0.0499. The van der Waals surface area contributed by atoms with Crippen LogP contribution in [0.15, 0.2) is 54.6 Å². The molecule has 1 heterocycles. The standard InChI is InChI=1S/C24H30INO4S/c1-24(2,3)30-23(28)26-19(16-31-25)12-13-21(26)22(27)18-10-7-11-20(14-18)29-15-17-8-5-4-6-9-17/h4-11,14,19,21-22,27H,12-13,15-16H2,1-3H3. The minimum Gasteiger partial charge on any atom is -0.489 e. The summed E-state index contributed by atoms with van der Waals surface area (Å²) in [6.45, 7) is 6.05. The molecule has 1 fully saturated rings. The fraction of sp³-hybridized carbons (Fsp3) is 0.458. The summed E-state index contributed by atoms with van der Waals surface area (Å²) >= 11 is 2.25. The topological polar surface area (TPSA) is 59.0 Å². The first kappa shape index (κ1) is 24.2. The van der Waals surface area contributed by atoms with Crippen LogP contribution in [-0.2, 0) is 11.3 Å². The van der Waals surface area contributed by atoms with Gasteiger partial charge in [0.1, 0.15) is 18.0 Å². The van der Waals surface area contributed by atoms with E-state index in [0.717, 1.165) is 29.7 Å². The molecule has 1 N–H and O–H groups in total. The SMILES string of the molecule is CC(C)(C)OC(=O)N1C(CSI)CCC1C(O)c1cccc(OCc2ccccc2)c1. The van der Waals surface area contributed by atoms with Gasteiger partial charge in [0.25, 0.3) is 0 Å². The predicted octanol–water partition coefficient (Wildman–Crippen LogP) is 6.15. The summed E-state index contributed by atoms with van der Waals surface area (Å²) in [6.07, 6.45) is 0.413. The first-order valence-corrected chi connectivity index (χ1v) is 14.0. The van der Waals surface area contributed by atoms with Crippen molar-refractivity contribution in [3.63, 3.8) is 0 Å². The van der Waals surface area contributed by atoms with Crippen molar-refractivity contribution in [2.45, 2.75) is 64.0 Å². The van der Waals surface area contributed by atoms with Crippen molar-refractivity contribution >= 4 is 36.2 Å². The monoisotopic (exact) mass is 555 g/mol. The van der Waals surface area contributed by atoms with Gasteiger partial charge in [-0.1, -0.05) is 51.4 Å². The Kier molecular flexibility index (Phi) is 8.52. The summed E-state index contributed by atoms with van der Waals surface area (Å²) in [7, 11) is 1.67. The second-order valence-electron chi connectivity index (χ2n) is 8.75. The third-order valence-corrected chi connectivity index (χ3v) is 6.81. The maximum absolute atomic E-state index is 13.0. The summed E-state index contributed by atoms with van der Waals surface area (Å²) in [5, 5.41) is 11.2. The second-order valence-corrected chi connectivity index (χ2v) is 11.2. The molecule has 5 nitrogen and oxygen atoms in total. The van der Waals surface area contributed by atoms with Gasteiger partial charge in [-0.2, -0.15) is 0 Å². The Labute approximate surface area is 201 Å². The van der Waals surface area contributed by atoms with E-state index >= 15 is 0 Å². The summed E-state index contributed by atoms with van der Waals surface area (Å²) in [5.74, 6) is 1.50. The Bertz CT molecular complexity index is 858. The smallest absolute Gasteiger partial charge is 0.410 e. The molecule has 0 bridgehead atoms. The molecule has 31 heavy (non-hydrogen) atoms. The molecule has 0 aromatic heterocycles. The number of benzene rings is 2. The van der Waals surface area contributed by atoms with Crippen LogP contribution in [0.2, 0.25) is 0 Å². The van der Waals surface area contributed by atoms with Crippen molar-refractivity contribution in [2.75, 3.05) is 5.75 Å². The van der Waals surface area contributed by atoms with Crippen molar-refractivity contribution < 1.29 is 19.4 Å². The zero-order chi connectivity index (χ0) is 22.4. The van der Waals surface area contributed by atoms with Gasteiger partial charge in [0, 0.05) is 11.8 Å². The van der Waals surface area contributed by atoms with E-state index in [0.29, 0.717) is 12.4 Å². The Hall–Kier alpha value is -1.45. The van der Waals surface area contributed by atoms with E-state index in [1.165, 1.54) is 0 Å². The Morgan fingerprint density at radius 2 is 1.94 bits per heavy atom. The van der Waals surface area contributed by atoms with Gasteiger partial charge in [0.15, 0.2) is 0 Å². The number of carbonyl (C=O) groups excluding carboxylic acids is 1. The largest absolute Gasteiger partial charge is 0.489 e. The van der Waals surface area contributed by atoms with Crippen molar-refractivity contribution in [1.29, 1.82) is 0 Å². The number of rotatable bonds is 7. The lowest BCUT2D eigenvalue weighted by Gasteiger charge is -2.34. The molecule has 2 aromatic rings. The van der Waals surface area contributed by atoms with Crippen LogP contribution in [0.4, 0.5) is 4.79 Å². The molecule has 1 saturated heterocycles. The fourth-order valence-corrected chi connectivity index (χ4v) is 5.53. The van der Waals surface area contributed by atoms with Gasteiger partial charge in [-0.05, 0) is 78.1 Å². The van der Waals surface area contributed by atoms with E-state index in [1.54, 1.807) is 13.8 Å². The number of nitrogens with zero attached hydrogens (tertiary/aromatic N) is 1. The third-order valence-electron chi connectivity index (χ3n) is 5.22. The van der Waals surface area contributed by atoms with Gasteiger partial charge in [-0.25, -0.2) is 4.79 Å². The van der Waals surface area contributed by atoms with E-state index in [4.69, 9.17) is 9.47 Å². The predicted molar refractivity (Wildman–Crippen MR) is 134 cm³/mol. The number of hydrogen-bond acceptors (Lipinski definition) is 5. The molecular formula is C24H30INO4S. The fourth-order valence-electron chi connectivity index (χ4n) is 3.81. The van der Waals surface area contributed by atoms with E-state index in [-0.39, 0.29) is 18.2 Å². The van der Waals surface area contributed by atoms with Gasteiger partial charge in [0.2, 0.25) is 0 Å². The molecule has 1 aliphatic heterocycles. The highest BCUT2D eigenvalue weighted by atomic mass is 127. The third kappa shape index (κ3) is 6.76. The average molecular weight is 555 g/mol. The van der Waals surface area contributed by atoms with E-state index in [1.807, 2.05) is 75.4 Å². The number of aliphatic hydroxyl groups excluding tert-OH is 1. The Balaban J connectivity index is 1.75. The molecule has 3 rings (SSSR count). The molecular weight excluding hydrogens is 525 g/mol. The van der Waals surface area contributed by atoms with Crippen LogP contribution >= 0.6 is 30.1 Å². The first-order valence-electron chi connectivity index (χ1n) is 10.5. The second kappa shape index (κ2) is 10.9. The van der Waals surface area contributed by atoms with Crippen molar-refractivity contribution in [3.8, 4) is 5.75 Å². The van der Waals surface area contributed by atoms with E-state index in [9.17, 15) is 9.90 Å². The molecule has 1 aliphatic rings. The van der Waals surface area contributed by atoms with Gasteiger partial charge in [-0.3, -0.25) is 4.90 Å². The van der Waals surface area contributed by atoms with Crippen LogP contribution in [0.25, 0.3) is 0 Å². The zero-order valence-corrected chi connectivity index (χ0v) is 21.1. The highest BCUT2D eigenvalue weighted by Crippen LogP contribution is 2.37. The maximum atomic E-state index is 13.0. The van der Waals surface area contributed by atoms with Crippen molar-refractivity contribution in [2.24, 2.45) is 0 Å². The number of carbonyl (C=O) groups is 1. The number of aliphatic hydroxyl groups is 1. The number of likely N-dealkylation sites (tertiary alicyclic amines) is 1. The Morgan fingerprint density at radius 3 is 2.61 bits per heavy atom. The maximum Gasteiger partial charge on any atom is 0.410 e. The average Bonchev–Trinajstić information content (AvgIpc) is 3.15. The lowest BCUT2D eigenvalue weighted by atomic mass is 10.00. The van der Waals surface area contributed by atoms with E-state index < -0.39 is 11.7 Å². The highest BCUT2D eigenvalue weighted by molar-refractivity contribution is 14.2. The molecule has 3 atom stereocenters. The summed E-state index contributed by atoms with van der Waals surface area (Å²) < 4.78 is 11.6. The molecule has 0 spiro atoms. The summed E-state index contributed by atoms with van der Waals surface area (Å²) in [5.41, 5.74) is 1.24. The van der Waals surface area contributed by atoms with Crippen LogP contribution in [0.3, 0.4) is 0 Å². The highest BCUT2D eigenvalue weighted by Gasteiger charge is 2.42. The number of ether oxygens (including phenoxy) is 2. The van der Waals surface area contributed by atoms with Gasteiger partial charge < -0.3 is 14.6 Å². The molecule has 7 heteroatoms.